The van der Waals surface area contributed by atoms with E-state index in [1.54, 1.807) is 12.1 Å². The van der Waals surface area contributed by atoms with Crippen molar-refractivity contribution in [1.82, 2.24) is 0 Å². The lowest BCUT2D eigenvalue weighted by atomic mass is 10.1. The molecular weight excluding hydrogens is 403 g/mol. The van der Waals surface area contributed by atoms with Gasteiger partial charge in [-0.3, -0.25) is 9.52 Å². The molecule has 3 rings (SSSR count). The van der Waals surface area contributed by atoms with Gasteiger partial charge >= 0.3 is 0 Å². The van der Waals surface area contributed by atoms with Crippen LogP contribution < -0.4 is 10.0 Å². The van der Waals surface area contributed by atoms with Crippen molar-refractivity contribution < 1.29 is 17.6 Å². The van der Waals surface area contributed by atoms with Gasteiger partial charge in [-0.1, -0.05) is 37.6 Å². The fourth-order valence-corrected chi connectivity index (χ4v) is 4.00. The maximum Gasteiger partial charge on any atom is 0.261 e. The van der Waals surface area contributed by atoms with Crippen LogP contribution in [0.25, 0.3) is 0 Å². The van der Waals surface area contributed by atoms with Crippen LogP contribution in [0, 0.1) is 5.82 Å². The molecule has 0 bridgehead atoms. The first kappa shape index (κ1) is 21.5. The molecule has 3 aromatic rings. The van der Waals surface area contributed by atoms with Gasteiger partial charge in [0.15, 0.2) is 0 Å². The topological polar surface area (TPSA) is 75.3 Å². The average molecular weight is 427 g/mol. The number of anilines is 2. The Bertz CT molecular complexity index is 1110. The summed E-state index contributed by atoms with van der Waals surface area (Å²) >= 11 is 0. The summed E-state index contributed by atoms with van der Waals surface area (Å²) in [6.07, 6.45) is 3.20. The van der Waals surface area contributed by atoms with Crippen LogP contribution in [0.4, 0.5) is 15.8 Å². The van der Waals surface area contributed by atoms with E-state index < -0.39 is 21.7 Å². The number of halogens is 1. The SMILES string of the molecule is CCCCc1ccc(NC(=O)c2ccccc2NS(=O)(=O)c2ccc(F)cc2)cc1. The number of rotatable bonds is 8. The van der Waals surface area contributed by atoms with E-state index in [1.165, 1.54) is 29.8 Å². The van der Waals surface area contributed by atoms with Crippen LogP contribution in [0.1, 0.15) is 35.7 Å². The van der Waals surface area contributed by atoms with Gasteiger partial charge < -0.3 is 5.32 Å². The Kier molecular flexibility index (Phi) is 6.84. The number of amides is 1. The molecule has 1 amide bonds. The Hall–Kier alpha value is -3.19. The number of hydrogen-bond donors (Lipinski definition) is 2. The minimum absolute atomic E-state index is 0.0956. The second-order valence-electron chi connectivity index (χ2n) is 6.86. The van der Waals surface area contributed by atoms with Crippen LogP contribution in [-0.2, 0) is 16.4 Å². The molecule has 0 aromatic heterocycles. The normalized spacial score (nSPS) is 11.1. The molecule has 0 heterocycles. The van der Waals surface area contributed by atoms with Gasteiger partial charge in [0.05, 0.1) is 16.1 Å². The number of carbonyl (C=O) groups is 1. The predicted molar refractivity (Wildman–Crippen MR) is 117 cm³/mol. The van der Waals surface area contributed by atoms with E-state index >= 15 is 0 Å². The minimum Gasteiger partial charge on any atom is -0.322 e. The van der Waals surface area contributed by atoms with E-state index in [0.29, 0.717) is 5.69 Å². The lowest BCUT2D eigenvalue weighted by Crippen LogP contribution is -2.18. The highest BCUT2D eigenvalue weighted by Crippen LogP contribution is 2.22. The van der Waals surface area contributed by atoms with E-state index in [4.69, 9.17) is 0 Å². The first-order valence-corrected chi connectivity index (χ1v) is 11.1. The van der Waals surface area contributed by atoms with Crippen LogP contribution in [0.2, 0.25) is 0 Å². The zero-order valence-corrected chi connectivity index (χ0v) is 17.4. The maximum absolute atomic E-state index is 13.1. The largest absolute Gasteiger partial charge is 0.322 e. The van der Waals surface area contributed by atoms with Crippen LogP contribution in [0.5, 0.6) is 0 Å². The Morgan fingerprint density at radius 3 is 2.27 bits per heavy atom. The second kappa shape index (κ2) is 9.54. The summed E-state index contributed by atoms with van der Waals surface area (Å²) in [4.78, 5) is 12.7. The van der Waals surface area contributed by atoms with Gasteiger partial charge in [0.2, 0.25) is 0 Å². The molecule has 3 aromatic carbocycles. The van der Waals surface area contributed by atoms with E-state index in [0.717, 1.165) is 31.4 Å². The summed E-state index contributed by atoms with van der Waals surface area (Å²) in [6, 6.07) is 18.4. The highest BCUT2D eigenvalue weighted by atomic mass is 32.2. The number of unbranched alkanes of at least 4 members (excludes halogenated alkanes) is 1. The standard InChI is InChI=1S/C23H23FN2O3S/c1-2-3-6-17-9-13-19(14-10-17)25-23(27)21-7-4-5-8-22(21)26-30(28,29)20-15-11-18(24)12-16-20/h4-5,7-16,26H,2-3,6H2,1H3,(H,25,27). The fraction of sp³-hybridized carbons (Fsp3) is 0.174. The van der Waals surface area contributed by atoms with Crippen LogP contribution in [0.15, 0.2) is 77.7 Å². The Morgan fingerprint density at radius 1 is 0.933 bits per heavy atom. The zero-order valence-electron chi connectivity index (χ0n) is 16.6. The summed E-state index contributed by atoms with van der Waals surface area (Å²) in [5.41, 5.74) is 2.14. The first-order chi connectivity index (χ1) is 14.4. The van der Waals surface area contributed by atoms with Gasteiger partial charge in [0.1, 0.15) is 5.82 Å². The van der Waals surface area contributed by atoms with Crippen molar-refractivity contribution in [1.29, 1.82) is 0 Å². The van der Waals surface area contributed by atoms with E-state index in [1.807, 2.05) is 24.3 Å². The van der Waals surface area contributed by atoms with Gasteiger partial charge in [0.25, 0.3) is 15.9 Å². The average Bonchev–Trinajstić information content (AvgIpc) is 2.73. The van der Waals surface area contributed by atoms with Crippen molar-refractivity contribution in [3.63, 3.8) is 0 Å². The van der Waals surface area contributed by atoms with Gasteiger partial charge in [-0.05, 0) is 66.9 Å². The molecule has 0 aliphatic heterocycles. The molecule has 0 atom stereocenters. The molecule has 0 radical (unpaired) electrons. The van der Waals surface area contributed by atoms with E-state index in [2.05, 4.69) is 17.0 Å². The van der Waals surface area contributed by atoms with Crippen LogP contribution in [-0.4, -0.2) is 14.3 Å². The number of carbonyl (C=O) groups excluding carboxylic acids is 1. The van der Waals surface area contributed by atoms with E-state index in [-0.39, 0.29) is 16.1 Å². The highest BCUT2D eigenvalue weighted by molar-refractivity contribution is 7.92. The lowest BCUT2D eigenvalue weighted by molar-refractivity contribution is 0.102. The molecular formula is C23H23FN2O3S. The third kappa shape index (κ3) is 5.45. The first-order valence-electron chi connectivity index (χ1n) is 9.67. The highest BCUT2D eigenvalue weighted by Gasteiger charge is 2.18. The molecule has 30 heavy (non-hydrogen) atoms. The second-order valence-corrected chi connectivity index (χ2v) is 8.54. The molecule has 0 spiro atoms. The minimum atomic E-state index is -3.97. The quantitative estimate of drug-likeness (QED) is 0.518. The van der Waals surface area contributed by atoms with Crippen molar-refractivity contribution in [2.45, 2.75) is 31.1 Å². The molecule has 7 heteroatoms. The van der Waals surface area contributed by atoms with Crippen molar-refractivity contribution in [3.8, 4) is 0 Å². The predicted octanol–water partition coefficient (Wildman–Crippen LogP) is 5.22. The Morgan fingerprint density at radius 2 is 1.60 bits per heavy atom. The lowest BCUT2D eigenvalue weighted by Gasteiger charge is -2.13. The number of hydrogen-bond acceptors (Lipinski definition) is 3. The summed E-state index contributed by atoms with van der Waals surface area (Å²) in [7, 11) is -3.97. The molecule has 0 saturated heterocycles. The number of benzene rings is 3. The summed E-state index contributed by atoms with van der Waals surface area (Å²) in [5, 5.41) is 2.79. The van der Waals surface area contributed by atoms with Crippen molar-refractivity contribution in [3.05, 3.63) is 89.7 Å². The third-order valence-electron chi connectivity index (χ3n) is 4.57. The van der Waals surface area contributed by atoms with Gasteiger partial charge in [0, 0.05) is 5.69 Å². The number of aryl methyl sites for hydroxylation is 1. The summed E-state index contributed by atoms with van der Waals surface area (Å²) in [6.45, 7) is 2.14. The number of nitrogens with one attached hydrogen (secondary N) is 2. The third-order valence-corrected chi connectivity index (χ3v) is 5.95. The molecule has 0 aliphatic carbocycles. The smallest absolute Gasteiger partial charge is 0.261 e. The zero-order chi connectivity index (χ0) is 21.6. The molecule has 156 valence electrons. The van der Waals surface area contributed by atoms with Crippen molar-refractivity contribution in [2.24, 2.45) is 0 Å². The van der Waals surface area contributed by atoms with Crippen molar-refractivity contribution >= 4 is 27.3 Å². The molecule has 0 unspecified atom stereocenters. The molecule has 0 saturated carbocycles. The van der Waals surface area contributed by atoms with E-state index in [9.17, 15) is 17.6 Å². The monoisotopic (exact) mass is 426 g/mol. The summed E-state index contributed by atoms with van der Waals surface area (Å²) < 4.78 is 40.7. The van der Waals surface area contributed by atoms with Gasteiger partial charge in [-0.25, -0.2) is 12.8 Å². The molecule has 0 aliphatic rings. The van der Waals surface area contributed by atoms with Crippen molar-refractivity contribution in [2.75, 3.05) is 10.0 Å². The fourth-order valence-electron chi connectivity index (χ4n) is 2.92. The molecule has 5 nitrogen and oxygen atoms in total. The number of para-hydroxylation sites is 1. The van der Waals surface area contributed by atoms with Gasteiger partial charge in [-0.2, -0.15) is 0 Å². The molecule has 2 N–H and O–H groups in total. The Labute approximate surface area is 176 Å². The number of sulfonamides is 1. The maximum atomic E-state index is 13.1. The van der Waals surface area contributed by atoms with Gasteiger partial charge in [-0.15, -0.1) is 0 Å². The molecule has 0 fully saturated rings. The van der Waals surface area contributed by atoms with Crippen LogP contribution >= 0.6 is 0 Å². The van der Waals surface area contributed by atoms with Crippen LogP contribution in [0.3, 0.4) is 0 Å². The Balaban J connectivity index is 1.77. The summed E-state index contributed by atoms with van der Waals surface area (Å²) in [5.74, 6) is -0.969.